The highest BCUT2D eigenvalue weighted by atomic mass is 79.9. The Hall–Kier alpha value is -2.87. The summed E-state index contributed by atoms with van der Waals surface area (Å²) in [5, 5.41) is 6.76. The first kappa shape index (κ1) is 18.9. The Kier molecular flexibility index (Phi) is 6.08. The van der Waals surface area contributed by atoms with Crippen LogP contribution in [0.1, 0.15) is 23.7 Å². The number of benzene rings is 2. The molecule has 2 aromatic rings. The summed E-state index contributed by atoms with van der Waals surface area (Å²) in [5.41, 5.74) is 4.00. The lowest BCUT2D eigenvalue weighted by atomic mass is 10.2. The second-order valence-electron chi connectivity index (χ2n) is 5.85. The van der Waals surface area contributed by atoms with Crippen molar-refractivity contribution < 1.29 is 19.1 Å². The van der Waals surface area contributed by atoms with E-state index in [1.54, 1.807) is 43.3 Å². The van der Waals surface area contributed by atoms with Crippen molar-refractivity contribution >= 4 is 39.1 Å². The van der Waals surface area contributed by atoms with Gasteiger partial charge in [0.15, 0.2) is 11.5 Å². The Balaban J connectivity index is 1.55. The average Bonchev–Trinajstić information content (AvgIpc) is 2.66. The SMILES string of the molecule is C/C(CC(=O)Nc1ccc2c(c1)OCCO2)=N\NC(=O)c1ccccc1Br. The number of nitrogens with zero attached hydrogens (tertiary/aromatic N) is 1. The normalized spacial score (nSPS) is 13.0. The van der Waals surface area contributed by atoms with Crippen molar-refractivity contribution in [3.8, 4) is 11.5 Å². The molecular formula is C19H18BrN3O4. The van der Waals surface area contributed by atoms with E-state index in [2.05, 4.69) is 31.8 Å². The second kappa shape index (κ2) is 8.68. The van der Waals surface area contributed by atoms with E-state index in [-0.39, 0.29) is 18.2 Å². The summed E-state index contributed by atoms with van der Waals surface area (Å²) in [7, 11) is 0. The predicted molar refractivity (Wildman–Crippen MR) is 105 cm³/mol. The van der Waals surface area contributed by atoms with Crippen molar-refractivity contribution in [2.24, 2.45) is 5.10 Å². The second-order valence-corrected chi connectivity index (χ2v) is 6.71. The molecule has 0 unspecified atom stereocenters. The largest absolute Gasteiger partial charge is 0.486 e. The molecule has 1 aliphatic rings. The topological polar surface area (TPSA) is 89.0 Å². The predicted octanol–water partition coefficient (Wildman–Crippen LogP) is 3.35. The minimum Gasteiger partial charge on any atom is -0.486 e. The first-order valence-electron chi connectivity index (χ1n) is 8.30. The maximum Gasteiger partial charge on any atom is 0.272 e. The highest BCUT2D eigenvalue weighted by molar-refractivity contribution is 9.10. The Morgan fingerprint density at radius 2 is 1.85 bits per heavy atom. The number of hydrogen-bond donors (Lipinski definition) is 2. The number of rotatable bonds is 5. The van der Waals surface area contributed by atoms with Crippen LogP contribution >= 0.6 is 15.9 Å². The van der Waals surface area contributed by atoms with Crippen LogP contribution in [0.25, 0.3) is 0 Å². The van der Waals surface area contributed by atoms with Crippen LogP contribution in [-0.2, 0) is 4.79 Å². The molecule has 1 heterocycles. The van der Waals surface area contributed by atoms with Crippen molar-refractivity contribution in [3.05, 3.63) is 52.5 Å². The maximum absolute atomic E-state index is 12.2. The molecule has 0 atom stereocenters. The summed E-state index contributed by atoms with van der Waals surface area (Å²) in [6.45, 7) is 2.66. The van der Waals surface area contributed by atoms with Crippen LogP contribution in [0.2, 0.25) is 0 Å². The van der Waals surface area contributed by atoms with Crippen LogP contribution in [0.4, 0.5) is 5.69 Å². The fourth-order valence-electron chi connectivity index (χ4n) is 2.45. The van der Waals surface area contributed by atoms with Gasteiger partial charge in [0.1, 0.15) is 13.2 Å². The summed E-state index contributed by atoms with van der Waals surface area (Å²) >= 11 is 3.31. The number of halogens is 1. The van der Waals surface area contributed by atoms with E-state index in [0.29, 0.717) is 46.1 Å². The zero-order valence-electron chi connectivity index (χ0n) is 14.6. The number of carbonyl (C=O) groups is 2. The molecule has 2 N–H and O–H groups in total. The number of hydrazone groups is 1. The summed E-state index contributed by atoms with van der Waals surface area (Å²) in [5.74, 6) is 0.661. The maximum atomic E-state index is 12.2. The third-order valence-corrected chi connectivity index (χ3v) is 4.40. The summed E-state index contributed by atoms with van der Waals surface area (Å²) < 4.78 is 11.6. The van der Waals surface area contributed by atoms with Crippen molar-refractivity contribution in [1.82, 2.24) is 5.43 Å². The van der Waals surface area contributed by atoms with E-state index in [4.69, 9.17) is 9.47 Å². The fourth-order valence-corrected chi connectivity index (χ4v) is 2.91. The van der Waals surface area contributed by atoms with Crippen molar-refractivity contribution in [3.63, 3.8) is 0 Å². The monoisotopic (exact) mass is 431 g/mol. The molecule has 0 radical (unpaired) electrons. The van der Waals surface area contributed by atoms with E-state index in [1.807, 2.05) is 6.07 Å². The molecule has 0 saturated carbocycles. The van der Waals surface area contributed by atoms with Crippen LogP contribution in [0.5, 0.6) is 11.5 Å². The Morgan fingerprint density at radius 3 is 2.63 bits per heavy atom. The van der Waals surface area contributed by atoms with Crippen LogP contribution < -0.4 is 20.2 Å². The molecule has 7 nitrogen and oxygen atoms in total. The van der Waals surface area contributed by atoms with Gasteiger partial charge in [0, 0.05) is 21.9 Å². The molecule has 0 saturated heterocycles. The molecule has 2 aromatic carbocycles. The molecule has 0 fully saturated rings. The van der Waals surface area contributed by atoms with Gasteiger partial charge in [0.05, 0.1) is 12.0 Å². The van der Waals surface area contributed by atoms with E-state index >= 15 is 0 Å². The summed E-state index contributed by atoms with van der Waals surface area (Å²) in [6, 6.07) is 12.2. The molecule has 2 amide bonds. The zero-order valence-corrected chi connectivity index (χ0v) is 16.2. The minimum absolute atomic E-state index is 0.0463. The Morgan fingerprint density at radius 1 is 1.11 bits per heavy atom. The van der Waals surface area contributed by atoms with Crippen LogP contribution in [0, 0.1) is 0 Å². The Labute approximate surface area is 164 Å². The summed E-state index contributed by atoms with van der Waals surface area (Å²) in [6.07, 6.45) is 0.0463. The molecule has 0 aromatic heterocycles. The average molecular weight is 432 g/mol. The standard InChI is InChI=1S/C19H18BrN3O4/c1-12(22-23-19(25)14-4-2-3-5-15(14)20)10-18(24)21-13-6-7-16-17(11-13)27-9-8-26-16/h2-7,11H,8-10H2,1H3,(H,21,24)(H,23,25)/b22-12+. The van der Waals surface area contributed by atoms with E-state index < -0.39 is 0 Å². The van der Waals surface area contributed by atoms with Gasteiger partial charge in [0.25, 0.3) is 5.91 Å². The number of ether oxygens (including phenoxy) is 2. The first-order chi connectivity index (χ1) is 13.0. The molecule has 0 bridgehead atoms. The quantitative estimate of drug-likeness (QED) is 0.560. The number of hydrogen-bond acceptors (Lipinski definition) is 5. The van der Waals surface area contributed by atoms with E-state index in [0.717, 1.165) is 0 Å². The number of fused-ring (bicyclic) bond motifs is 1. The van der Waals surface area contributed by atoms with Crippen LogP contribution in [0.3, 0.4) is 0 Å². The number of amides is 2. The van der Waals surface area contributed by atoms with Gasteiger partial charge in [-0.2, -0.15) is 5.10 Å². The van der Waals surface area contributed by atoms with E-state index in [1.165, 1.54) is 0 Å². The van der Waals surface area contributed by atoms with E-state index in [9.17, 15) is 9.59 Å². The molecule has 3 rings (SSSR count). The molecule has 8 heteroatoms. The molecule has 1 aliphatic heterocycles. The third kappa shape index (κ3) is 5.07. The highest BCUT2D eigenvalue weighted by Gasteiger charge is 2.13. The van der Waals surface area contributed by atoms with Gasteiger partial charge >= 0.3 is 0 Å². The first-order valence-corrected chi connectivity index (χ1v) is 9.10. The summed E-state index contributed by atoms with van der Waals surface area (Å²) in [4.78, 5) is 24.3. The van der Waals surface area contributed by atoms with Gasteiger partial charge in [-0.3, -0.25) is 9.59 Å². The highest BCUT2D eigenvalue weighted by Crippen LogP contribution is 2.32. The Bertz CT molecular complexity index is 898. The van der Waals surface area contributed by atoms with Crippen molar-refractivity contribution in [2.45, 2.75) is 13.3 Å². The van der Waals surface area contributed by atoms with Crippen molar-refractivity contribution in [2.75, 3.05) is 18.5 Å². The third-order valence-electron chi connectivity index (χ3n) is 3.71. The zero-order chi connectivity index (χ0) is 19.2. The van der Waals surface area contributed by atoms with Gasteiger partial charge < -0.3 is 14.8 Å². The smallest absolute Gasteiger partial charge is 0.272 e. The van der Waals surface area contributed by atoms with Gasteiger partial charge in [0.2, 0.25) is 5.91 Å². The number of nitrogens with one attached hydrogen (secondary N) is 2. The number of anilines is 1. The fraction of sp³-hybridized carbons (Fsp3) is 0.211. The molecular weight excluding hydrogens is 414 g/mol. The van der Waals surface area contributed by atoms with Gasteiger partial charge in [-0.1, -0.05) is 12.1 Å². The lowest BCUT2D eigenvalue weighted by Crippen LogP contribution is -2.22. The number of carbonyl (C=O) groups excluding carboxylic acids is 2. The van der Waals surface area contributed by atoms with Crippen LogP contribution in [0.15, 0.2) is 52.0 Å². The van der Waals surface area contributed by atoms with Gasteiger partial charge in [-0.05, 0) is 47.1 Å². The molecule has 27 heavy (non-hydrogen) atoms. The minimum atomic E-state index is -0.353. The van der Waals surface area contributed by atoms with Gasteiger partial charge in [-0.25, -0.2) is 5.43 Å². The molecule has 140 valence electrons. The molecule has 0 spiro atoms. The lowest BCUT2D eigenvalue weighted by molar-refractivity contribution is -0.115. The van der Waals surface area contributed by atoms with Crippen LogP contribution in [-0.4, -0.2) is 30.7 Å². The van der Waals surface area contributed by atoms with Crippen molar-refractivity contribution in [1.29, 1.82) is 0 Å². The van der Waals surface area contributed by atoms with Gasteiger partial charge in [-0.15, -0.1) is 0 Å². The molecule has 0 aliphatic carbocycles. The lowest BCUT2D eigenvalue weighted by Gasteiger charge is -2.19.